The number of carbonyl (C=O) groups excluding carboxylic acids is 2. The van der Waals surface area contributed by atoms with Crippen LogP contribution in [0.5, 0.6) is 11.5 Å². The number of hydrogen-bond acceptors (Lipinski definition) is 7. The molecule has 196 valence electrons. The van der Waals surface area contributed by atoms with Crippen LogP contribution in [0.4, 0.5) is 11.4 Å². The summed E-state index contributed by atoms with van der Waals surface area (Å²) in [6.07, 6.45) is -1.14. The van der Waals surface area contributed by atoms with Gasteiger partial charge in [-0.05, 0) is 54.1 Å². The number of nitro benzene ring substituents is 1. The van der Waals surface area contributed by atoms with Gasteiger partial charge in [-0.3, -0.25) is 25.1 Å². The smallest absolute Gasteiger partial charge is 0.276 e. The lowest BCUT2D eigenvalue weighted by Gasteiger charge is -2.38. The molecule has 0 spiro atoms. The fourth-order valence-corrected chi connectivity index (χ4v) is 4.46. The van der Waals surface area contributed by atoms with Crippen LogP contribution in [-0.2, 0) is 6.61 Å². The summed E-state index contributed by atoms with van der Waals surface area (Å²) in [5.41, 5.74) is 4.29. The lowest BCUT2D eigenvalue weighted by atomic mass is 10.0. The predicted octanol–water partition coefficient (Wildman–Crippen LogP) is 5.55. The number of hydrogen-bond donors (Lipinski definition) is 3. The maximum absolute atomic E-state index is 13.5. The number of ether oxygens (including phenoxy) is 1. The molecule has 1 aliphatic rings. The van der Waals surface area contributed by atoms with Crippen LogP contribution in [0.2, 0.25) is 0 Å². The number of non-ortho nitro benzene ring substituents is 1. The zero-order valence-corrected chi connectivity index (χ0v) is 21.8. The Bertz CT molecular complexity index is 1560. The number of nitrogens with zero attached hydrogens (tertiary/aromatic N) is 2. The molecule has 11 heteroatoms. The standard InChI is InChI=1S/C28H21BrN4O6/c29-19-8-12-24-22(14-19)28(36)32(26(30-24)23-15-20(33(37)38)9-13-25(23)34)31-27(35)18-6-10-21(11-7-18)39-16-17-4-2-1-3-5-17/h1-15,26,30,34H,16H2,(H,31,35)/t26-/m1/s1. The number of amides is 2. The van der Waals surface area contributed by atoms with E-state index in [1.807, 2.05) is 30.3 Å². The third kappa shape index (κ3) is 5.53. The topological polar surface area (TPSA) is 134 Å². The molecule has 1 aliphatic heterocycles. The van der Waals surface area contributed by atoms with Crippen molar-refractivity contribution in [2.45, 2.75) is 12.8 Å². The average Bonchev–Trinajstić information content (AvgIpc) is 2.94. The number of halogens is 1. The molecule has 2 amide bonds. The Morgan fingerprint density at radius 1 is 1.05 bits per heavy atom. The molecule has 0 unspecified atom stereocenters. The summed E-state index contributed by atoms with van der Waals surface area (Å²) < 4.78 is 6.41. The van der Waals surface area contributed by atoms with E-state index in [1.54, 1.807) is 42.5 Å². The van der Waals surface area contributed by atoms with E-state index in [1.165, 1.54) is 6.07 Å². The molecule has 1 atom stereocenters. The van der Waals surface area contributed by atoms with Crippen LogP contribution in [0, 0.1) is 10.1 Å². The summed E-state index contributed by atoms with van der Waals surface area (Å²) in [4.78, 5) is 37.5. The third-order valence-corrected chi connectivity index (χ3v) is 6.58. The number of carbonyl (C=O) groups is 2. The van der Waals surface area contributed by atoms with Crippen molar-refractivity contribution in [3.63, 3.8) is 0 Å². The van der Waals surface area contributed by atoms with Gasteiger partial charge in [0.15, 0.2) is 6.17 Å². The number of nitro groups is 1. The molecule has 0 aliphatic carbocycles. The Labute approximate surface area is 231 Å². The average molecular weight is 589 g/mol. The van der Waals surface area contributed by atoms with Crippen molar-refractivity contribution in [2.75, 3.05) is 5.32 Å². The Hall–Kier alpha value is -4.90. The van der Waals surface area contributed by atoms with E-state index in [-0.39, 0.29) is 28.1 Å². The molecule has 0 radical (unpaired) electrons. The van der Waals surface area contributed by atoms with Gasteiger partial charge in [0, 0.05) is 33.4 Å². The highest BCUT2D eigenvalue weighted by Gasteiger charge is 2.36. The first kappa shape index (κ1) is 25.7. The van der Waals surface area contributed by atoms with Gasteiger partial charge in [0.25, 0.3) is 17.5 Å². The second kappa shape index (κ2) is 10.8. The number of fused-ring (bicyclic) bond motifs is 1. The summed E-state index contributed by atoms with van der Waals surface area (Å²) in [6.45, 7) is 0.365. The Morgan fingerprint density at radius 2 is 1.79 bits per heavy atom. The summed E-state index contributed by atoms with van der Waals surface area (Å²) in [5, 5.41) is 26.0. The molecular weight excluding hydrogens is 568 g/mol. The van der Waals surface area contributed by atoms with E-state index in [0.29, 0.717) is 22.5 Å². The van der Waals surface area contributed by atoms with Gasteiger partial charge in [-0.15, -0.1) is 0 Å². The zero-order valence-electron chi connectivity index (χ0n) is 20.2. The molecule has 0 saturated heterocycles. The van der Waals surface area contributed by atoms with E-state index in [9.17, 15) is 24.8 Å². The molecule has 5 rings (SSSR count). The lowest BCUT2D eigenvalue weighted by Crippen LogP contribution is -2.52. The van der Waals surface area contributed by atoms with Gasteiger partial charge in [-0.2, -0.15) is 0 Å². The molecular formula is C28H21BrN4O6. The molecule has 3 N–H and O–H groups in total. The molecule has 4 aromatic rings. The molecule has 0 saturated carbocycles. The highest BCUT2D eigenvalue weighted by atomic mass is 79.9. The number of phenols is 1. The number of phenolic OH excluding ortho intramolecular Hbond substituents is 1. The van der Waals surface area contributed by atoms with Gasteiger partial charge in [0.1, 0.15) is 18.1 Å². The zero-order chi connectivity index (χ0) is 27.5. The van der Waals surface area contributed by atoms with Gasteiger partial charge in [-0.1, -0.05) is 46.3 Å². The predicted molar refractivity (Wildman–Crippen MR) is 146 cm³/mol. The highest BCUT2D eigenvalue weighted by molar-refractivity contribution is 9.10. The normalized spacial score (nSPS) is 14.2. The van der Waals surface area contributed by atoms with E-state index in [2.05, 4.69) is 26.7 Å². The summed E-state index contributed by atoms with van der Waals surface area (Å²) in [7, 11) is 0. The number of nitrogens with one attached hydrogen (secondary N) is 2. The van der Waals surface area contributed by atoms with Crippen LogP contribution in [0.25, 0.3) is 0 Å². The number of hydrazine groups is 1. The van der Waals surface area contributed by atoms with Gasteiger partial charge in [0.05, 0.1) is 10.5 Å². The molecule has 0 bridgehead atoms. The highest BCUT2D eigenvalue weighted by Crippen LogP contribution is 2.38. The molecule has 4 aromatic carbocycles. The van der Waals surface area contributed by atoms with Gasteiger partial charge in [-0.25, -0.2) is 5.01 Å². The quantitative estimate of drug-likeness (QED) is 0.190. The fraction of sp³-hybridized carbons (Fsp3) is 0.0714. The van der Waals surface area contributed by atoms with Crippen LogP contribution in [0.1, 0.15) is 38.0 Å². The molecule has 0 aromatic heterocycles. The largest absolute Gasteiger partial charge is 0.508 e. The number of rotatable bonds is 7. The molecule has 1 heterocycles. The Morgan fingerprint density at radius 3 is 2.51 bits per heavy atom. The molecule has 10 nitrogen and oxygen atoms in total. The Kier molecular flexibility index (Phi) is 7.15. The minimum absolute atomic E-state index is 0.0380. The molecule has 39 heavy (non-hydrogen) atoms. The van der Waals surface area contributed by atoms with Crippen LogP contribution in [0.15, 0.2) is 95.5 Å². The summed E-state index contributed by atoms with van der Waals surface area (Å²) >= 11 is 3.34. The maximum atomic E-state index is 13.5. The molecule has 0 fully saturated rings. The van der Waals surface area contributed by atoms with Gasteiger partial charge >= 0.3 is 0 Å². The van der Waals surface area contributed by atoms with Gasteiger partial charge in [0.2, 0.25) is 0 Å². The van der Waals surface area contributed by atoms with Crippen LogP contribution in [-0.4, -0.2) is 26.9 Å². The Balaban J connectivity index is 1.41. The van der Waals surface area contributed by atoms with Crippen molar-refractivity contribution >= 4 is 39.1 Å². The first-order valence-corrected chi connectivity index (χ1v) is 12.5. The summed E-state index contributed by atoms with van der Waals surface area (Å²) in [5.74, 6) is -0.903. The number of anilines is 1. The second-order valence-electron chi connectivity index (χ2n) is 8.65. The lowest BCUT2D eigenvalue weighted by molar-refractivity contribution is -0.385. The fourth-order valence-electron chi connectivity index (χ4n) is 4.10. The van der Waals surface area contributed by atoms with Crippen molar-refractivity contribution in [1.29, 1.82) is 0 Å². The first-order valence-electron chi connectivity index (χ1n) is 11.7. The van der Waals surface area contributed by atoms with Crippen molar-refractivity contribution in [3.8, 4) is 11.5 Å². The SMILES string of the molecule is O=C(NN1C(=O)c2cc(Br)ccc2N[C@H]1c1cc([N+](=O)[O-])ccc1O)c1ccc(OCc2ccccc2)cc1. The number of aromatic hydroxyl groups is 1. The van der Waals surface area contributed by atoms with Gasteiger partial charge < -0.3 is 15.2 Å². The van der Waals surface area contributed by atoms with Crippen LogP contribution < -0.4 is 15.5 Å². The van der Waals surface area contributed by atoms with Crippen LogP contribution in [0.3, 0.4) is 0 Å². The van der Waals surface area contributed by atoms with E-state index in [4.69, 9.17) is 4.74 Å². The van der Waals surface area contributed by atoms with Crippen molar-refractivity contribution < 1.29 is 24.4 Å². The van der Waals surface area contributed by atoms with Crippen LogP contribution >= 0.6 is 15.9 Å². The minimum Gasteiger partial charge on any atom is -0.508 e. The van der Waals surface area contributed by atoms with E-state index >= 15 is 0 Å². The third-order valence-electron chi connectivity index (χ3n) is 6.08. The summed E-state index contributed by atoms with van der Waals surface area (Å²) in [6, 6.07) is 24.5. The minimum atomic E-state index is -1.14. The first-order chi connectivity index (χ1) is 18.8. The maximum Gasteiger partial charge on any atom is 0.276 e. The van der Waals surface area contributed by atoms with Crippen molar-refractivity contribution in [3.05, 3.63) is 128 Å². The monoisotopic (exact) mass is 588 g/mol. The second-order valence-corrected chi connectivity index (χ2v) is 9.57. The van der Waals surface area contributed by atoms with E-state index < -0.39 is 22.9 Å². The number of benzene rings is 4. The van der Waals surface area contributed by atoms with E-state index in [0.717, 1.165) is 22.7 Å². The van der Waals surface area contributed by atoms with Crippen molar-refractivity contribution in [1.82, 2.24) is 10.4 Å². The van der Waals surface area contributed by atoms with Crippen molar-refractivity contribution in [2.24, 2.45) is 0 Å².